The minimum absolute atomic E-state index is 0.0157. The zero-order valence-electron chi connectivity index (χ0n) is 11.9. The Balaban J connectivity index is 2.03. The maximum absolute atomic E-state index is 6.00. The van der Waals surface area contributed by atoms with E-state index in [1.54, 1.807) is 7.11 Å². The van der Waals surface area contributed by atoms with E-state index in [0.717, 1.165) is 38.3 Å². The monoisotopic (exact) mass is 264 g/mol. The van der Waals surface area contributed by atoms with Crippen LogP contribution >= 0.6 is 0 Å². The Morgan fingerprint density at radius 2 is 2.11 bits per heavy atom. The fourth-order valence-electron chi connectivity index (χ4n) is 2.63. The third kappa shape index (κ3) is 3.26. The van der Waals surface area contributed by atoms with E-state index in [4.69, 9.17) is 15.2 Å². The zero-order chi connectivity index (χ0) is 13.7. The second-order valence-corrected chi connectivity index (χ2v) is 5.29. The van der Waals surface area contributed by atoms with E-state index in [1.807, 2.05) is 12.1 Å². The lowest BCUT2D eigenvalue weighted by atomic mass is 9.90. The van der Waals surface area contributed by atoms with Crippen molar-refractivity contribution in [3.05, 3.63) is 29.8 Å². The van der Waals surface area contributed by atoms with Gasteiger partial charge in [0.1, 0.15) is 5.75 Å². The van der Waals surface area contributed by atoms with Gasteiger partial charge < -0.3 is 15.2 Å². The Labute approximate surface area is 115 Å². The SMILES string of the molecule is COc1ccc(CN(C)C2(CN)CCCOC2)cc1. The Morgan fingerprint density at radius 1 is 1.37 bits per heavy atom. The summed E-state index contributed by atoms with van der Waals surface area (Å²) in [7, 11) is 3.82. The van der Waals surface area contributed by atoms with E-state index in [-0.39, 0.29) is 5.54 Å². The van der Waals surface area contributed by atoms with Crippen LogP contribution in [0, 0.1) is 0 Å². The molecule has 0 aromatic heterocycles. The van der Waals surface area contributed by atoms with Crippen LogP contribution < -0.4 is 10.5 Å². The Bertz CT molecular complexity index is 386. The second-order valence-electron chi connectivity index (χ2n) is 5.29. The van der Waals surface area contributed by atoms with Gasteiger partial charge in [-0.25, -0.2) is 0 Å². The molecule has 4 heteroatoms. The molecular weight excluding hydrogens is 240 g/mol. The maximum Gasteiger partial charge on any atom is 0.118 e. The molecule has 1 fully saturated rings. The average molecular weight is 264 g/mol. The van der Waals surface area contributed by atoms with Gasteiger partial charge >= 0.3 is 0 Å². The summed E-state index contributed by atoms with van der Waals surface area (Å²) in [5, 5.41) is 0. The molecule has 2 N–H and O–H groups in total. The molecule has 1 saturated heterocycles. The molecule has 1 aromatic carbocycles. The summed E-state index contributed by atoms with van der Waals surface area (Å²) in [5.41, 5.74) is 7.25. The van der Waals surface area contributed by atoms with Gasteiger partial charge in [-0.15, -0.1) is 0 Å². The molecule has 0 aliphatic carbocycles. The van der Waals surface area contributed by atoms with Crippen LogP contribution in [0.3, 0.4) is 0 Å². The van der Waals surface area contributed by atoms with Crippen molar-refractivity contribution in [1.82, 2.24) is 4.90 Å². The predicted molar refractivity (Wildman–Crippen MR) is 76.3 cm³/mol. The van der Waals surface area contributed by atoms with Crippen molar-refractivity contribution >= 4 is 0 Å². The van der Waals surface area contributed by atoms with Gasteiger partial charge in [-0.2, -0.15) is 0 Å². The van der Waals surface area contributed by atoms with Crippen LogP contribution in [0.25, 0.3) is 0 Å². The number of hydrogen-bond acceptors (Lipinski definition) is 4. The molecule has 0 amide bonds. The topological polar surface area (TPSA) is 47.7 Å². The van der Waals surface area contributed by atoms with Crippen molar-refractivity contribution in [1.29, 1.82) is 0 Å². The van der Waals surface area contributed by atoms with Crippen LogP contribution in [0.2, 0.25) is 0 Å². The number of rotatable bonds is 5. The fraction of sp³-hybridized carbons (Fsp3) is 0.600. The molecule has 1 unspecified atom stereocenters. The number of nitrogens with two attached hydrogens (primary N) is 1. The highest BCUT2D eigenvalue weighted by atomic mass is 16.5. The summed E-state index contributed by atoms with van der Waals surface area (Å²) < 4.78 is 10.8. The van der Waals surface area contributed by atoms with E-state index in [0.29, 0.717) is 6.54 Å². The first kappa shape index (κ1) is 14.3. The zero-order valence-corrected chi connectivity index (χ0v) is 11.9. The second kappa shape index (κ2) is 6.37. The number of methoxy groups -OCH3 is 1. The standard InChI is InChI=1S/C15H24N2O2/c1-17(15(11-16)8-3-9-19-12-15)10-13-4-6-14(18-2)7-5-13/h4-7H,3,8-12,16H2,1-2H3. The molecule has 0 radical (unpaired) electrons. The Morgan fingerprint density at radius 3 is 2.63 bits per heavy atom. The van der Waals surface area contributed by atoms with E-state index < -0.39 is 0 Å². The molecule has 0 bridgehead atoms. The smallest absolute Gasteiger partial charge is 0.118 e. The molecule has 0 saturated carbocycles. The molecule has 1 aliphatic rings. The molecule has 19 heavy (non-hydrogen) atoms. The summed E-state index contributed by atoms with van der Waals surface area (Å²) in [6.45, 7) is 3.11. The fourth-order valence-corrected chi connectivity index (χ4v) is 2.63. The van der Waals surface area contributed by atoms with Crippen LogP contribution in [-0.4, -0.2) is 44.4 Å². The third-order valence-corrected chi connectivity index (χ3v) is 4.07. The van der Waals surface area contributed by atoms with Crippen LogP contribution in [0.15, 0.2) is 24.3 Å². The van der Waals surface area contributed by atoms with Crippen molar-refractivity contribution < 1.29 is 9.47 Å². The lowest BCUT2D eigenvalue weighted by molar-refractivity contribution is -0.0374. The number of ether oxygens (including phenoxy) is 2. The van der Waals surface area contributed by atoms with E-state index in [1.165, 1.54) is 5.56 Å². The van der Waals surface area contributed by atoms with Crippen molar-refractivity contribution in [3.8, 4) is 5.75 Å². The summed E-state index contributed by atoms with van der Waals surface area (Å²) in [6, 6.07) is 8.19. The van der Waals surface area contributed by atoms with Crippen LogP contribution in [-0.2, 0) is 11.3 Å². The molecule has 4 nitrogen and oxygen atoms in total. The molecule has 1 aliphatic heterocycles. The average Bonchev–Trinajstić information content (AvgIpc) is 2.48. The summed E-state index contributed by atoms with van der Waals surface area (Å²) in [4.78, 5) is 2.33. The first-order chi connectivity index (χ1) is 9.20. The third-order valence-electron chi connectivity index (χ3n) is 4.07. The van der Waals surface area contributed by atoms with Gasteiger partial charge in [0.05, 0.1) is 19.3 Å². The highest BCUT2D eigenvalue weighted by Crippen LogP contribution is 2.26. The lowest BCUT2D eigenvalue weighted by Gasteiger charge is -2.43. The number of benzene rings is 1. The Kier molecular flexibility index (Phi) is 4.80. The molecule has 0 spiro atoms. The van der Waals surface area contributed by atoms with Gasteiger partial charge in [-0.1, -0.05) is 12.1 Å². The normalized spacial score (nSPS) is 23.6. The molecular formula is C15H24N2O2. The highest BCUT2D eigenvalue weighted by molar-refractivity contribution is 5.27. The van der Waals surface area contributed by atoms with Gasteiger partial charge in [-0.3, -0.25) is 4.90 Å². The first-order valence-corrected chi connectivity index (χ1v) is 6.82. The van der Waals surface area contributed by atoms with Gasteiger partial charge in [0.2, 0.25) is 0 Å². The molecule has 106 valence electrons. The molecule has 1 atom stereocenters. The van der Waals surface area contributed by atoms with E-state index >= 15 is 0 Å². The number of nitrogens with zero attached hydrogens (tertiary/aromatic N) is 1. The van der Waals surface area contributed by atoms with Gasteiger partial charge in [0, 0.05) is 19.7 Å². The minimum atomic E-state index is -0.0157. The highest BCUT2D eigenvalue weighted by Gasteiger charge is 2.35. The molecule has 1 aromatic rings. The van der Waals surface area contributed by atoms with Crippen LogP contribution in [0.1, 0.15) is 18.4 Å². The molecule has 1 heterocycles. The first-order valence-electron chi connectivity index (χ1n) is 6.82. The minimum Gasteiger partial charge on any atom is -0.497 e. The van der Waals surface area contributed by atoms with Gasteiger partial charge in [0.25, 0.3) is 0 Å². The lowest BCUT2D eigenvalue weighted by Crippen LogP contribution is -2.56. The van der Waals surface area contributed by atoms with Crippen molar-refractivity contribution in [2.75, 3.05) is 33.9 Å². The largest absolute Gasteiger partial charge is 0.497 e. The van der Waals surface area contributed by atoms with E-state index in [9.17, 15) is 0 Å². The molecule has 2 rings (SSSR count). The summed E-state index contributed by atoms with van der Waals surface area (Å²) >= 11 is 0. The summed E-state index contributed by atoms with van der Waals surface area (Å²) in [6.07, 6.45) is 2.19. The van der Waals surface area contributed by atoms with Crippen molar-refractivity contribution in [2.45, 2.75) is 24.9 Å². The van der Waals surface area contributed by atoms with Gasteiger partial charge in [0.15, 0.2) is 0 Å². The van der Waals surface area contributed by atoms with Crippen LogP contribution in [0.4, 0.5) is 0 Å². The number of hydrogen-bond donors (Lipinski definition) is 1. The van der Waals surface area contributed by atoms with Crippen molar-refractivity contribution in [3.63, 3.8) is 0 Å². The van der Waals surface area contributed by atoms with Crippen molar-refractivity contribution in [2.24, 2.45) is 5.73 Å². The number of likely N-dealkylation sites (N-methyl/N-ethyl adjacent to an activating group) is 1. The van der Waals surface area contributed by atoms with Crippen LogP contribution in [0.5, 0.6) is 5.75 Å². The summed E-state index contributed by atoms with van der Waals surface area (Å²) in [5.74, 6) is 0.890. The predicted octanol–water partition coefficient (Wildman–Crippen LogP) is 1.63. The Hall–Kier alpha value is -1.10. The van der Waals surface area contributed by atoms with E-state index in [2.05, 4.69) is 24.1 Å². The van der Waals surface area contributed by atoms with Gasteiger partial charge in [-0.05, 0) is 37.6 Å². The quantitative estimate of drug-likeness (QED) is 0.878. The maximum atomic E-state index is 6.00.